The number of nitrogens with zero attached hydrogens (tertiary/aromatic N) is 1. The number of carboxylic acids is 1. The minimum absolute atomic E-state index is 0.0414. The molecule has 0 bridgehead atoms. The van der Waals surface area contributed by atoms with Crippen molar-refractivity contribution in [1.82, 2.24) is 10.2 Å². The molecule has 1 rings (SSSR count). The van der Waals surface area contributed by atoms with Crippen LogP contribution in [0.15, 0.2) is 0 Å². The summed E-state index contributed by atoms with van der Waals surface area (Å²) in [4.78, 5) is 24.4. The first-order chi connectivity index (χ1) is 8.84. The van der Waals surface area contributed by atoms with Crippen LogP contribution in [0.25, 0.3) is 0 Å². The van der Waals surface area contributed by atoms with Gasteiger partial charge >= 0.3 is 12.0 Å². The summed E-state index contributed by atoms with van der Waals surface area (Å²) in [7, 11) is 0. The van der Waals surface area contributed by atoms with Crippen LogP contribution >= 0.6 is 0 Å². The van der Waals surface area contributed by atoms with Gasteiger partial charge in [-0.15, -0.1) is 0 Å². The summed E-state index contributed by atoms with van der Waals surface area (Å²) in [5, 5.41) is 11.6. The van der Waals surface area contributed by atoms with E-state index in [1.165, 1.54) is 0 Å². The van der Waals surface area contributed by atoms with Gasteiger partial charge in [0.05, 0.1) is 12.1 Å². The topological polar surface area (TPSA) is 78.9 Å². The second kappa shape index (κ2) is 6.75. The van der Waals surface area contributed by atoms with Crippen LogP contribution in [0.1, 0.15) is 40.0 Å². The summed E-state index contributed by atoms with van der Waals surface area (Å²) in [6.07, 6.45) is 1.35. The van der Waals surface area contributed by atoms with E-state index in [1.807, 2.05) is 20.8 Å². The fraction of sp³-hybridized carbons (Fsp3) is 0.846. The van der Waals surface area contributed by atoms with E-state index in [4.69, 9.17) is 9.84 Å². The average molecular weight is 272 g/mol. The number of nitrogens with one attached hydrogen (secondary N) is 1. The molecule has 1 fully saturated rings. The Kier molecular flexibility index (Phi) is 5.60. The lowest BCUT2D eigenvalue weighted by Gasteiger charge is -2.32. The molecule has 1 unspecified atom stereocenters. The Morgan fingerprint density at radius 2 is 2.16 bits per heavy atom. The highest BCUT2D eigenvalue weighted by Gasteiger charge is 2.33. The van der Waals surface area contributed by atoms with Crippen molar-refractivity contribution in [2.24, 2.45) is 0 Å². The van der Waals surface area contributed by atoms with E-state index in [9.17, 15) is 9.59 Å². The van der Waals surface area contributed by atoms with Crippen molar-refractivity contribution in [3.05, 3.63) is 0 Å². The Bertz CT molecular complexity index is 325. The van der Waals surface area contributed by atoms with Gasteiger partial charge in [0.1, 0.15) is 0 Å². The molecule has 1 atom stereocenters. The Balaban J connectivity index is 2.50. The number of ether oxygens (including phenoxy) is 1. The van der Waals surface area contributed by atoms with Gasteiger partial charge in [0.25, 0.3) is 0 Å². The van der Waals surface area contributed by atoms with Gasteiger partial charge in [-0.3, -0.25) is 4.79 Å². The molecule has 6 nitrogen and oxygen atoms in total. The van der Waals surface area contributed by atoms with Crippen LogP contribution in [-0.2, 0) is 9.53 Å². The number of hydrogen-bond donors (Lipinski definition) is 2. The first-order valence-electron chi connectivity index (χ1n) is 6.72. The highest BCUT2D eigenvalue weighted by atomic mass is 16.5. The minimum Gasteiger partial charge on any atom is -0.481 e. The van der Waals surface area contributed by atoms with E-state index < -0.39 is 5.97 Å². The van der Waals surface area contributed by atoms with Crippen molar-refractivity contribution >= 4 is 12.0 Å². The first-order valence-corrected chi connectivity index (χ1v) is 6.72. The average Bonchev–Trinajstić information content (AvgIpc) is 2.69. The van der Waals surface area contributed by atoms with E-state index in [0.29, 0.717) is 26.2 Å². The predicted octanol–water partition coefficient (Wildman–Crippen LogP) is 1.45. The van der Waals surface area contributed by atoms with Crippen LogP contribution in [0.3, 0.4) is 0 Å². The molecule has 1 heterocycles. The Labute approximate surface area is 114 Å². The van der Waals surface area contributed by atoms with Gasteiger partial charge in [0.15, 0.2) is 0 Å². The molecular weight excluding hydrogens is 248 g/mol. The molecule has 0 aromatic rings. The normalized spacial score (nSPS) is 22.5. The molecular formula is C13H24N2O4. The van der Waals surface area contributed by atoms with Gasteiger partial charge < -0.3 is 20.1 Å². The molecule has 0 radical (unpaired) electrons. The number of hydrogen-bond acceptors (Lipinski definition) is 3. The van der Waals surface area contributed by atoms with Gasteiger partial charge in [-0.05, 0) is 33.6 Å². The molecule has 1 aliphatic rings. The summed E-state index contributed by atoms with van der Waals surface area (Å²) in [6.45, 7) is 7.46. The standard InChI is InChI=1S/C13H24N2O4/c1-10(2)15(7-4-5-11(16)17)12(18)14-13(3)6-8-19-9-13/h10H,4-9H2,1-3H3,(H,14,18)(H,16,17). The lowest BCUT2D eigenvalue weighted by Crippen LogP contribution is -2.54. The second-order valence-corrected chi connectivity index (χ2v) is 5.58. The van der Waals surface area contributed by atoms with Gasteiger partial charge in [0, 0.05) is 25.6 Å². The third kappa shape index (κ3) is 5.06. The van der Waals surface area contributed by atoms with Crippen LogP contribution in [0.5, 0.6) is 0 Å². The SMILES string of the molecule is CC(C)N(CCCC(=O)O)C(=O)NC1(C)CCOC1. The number of carbonyl (C=O) groups is 2. The smallest absolute Gasteiger partial charge is 0.318 e. The zero-order valence-corrected chi connectivity index (χ0v) is 11.9. The van der Waals surface area contributed by atoms with E-state index >= 15 is 0 Å². The molecule has 2 N–H and O–H groups in total. The Morgan fingerprint density at radius 1 is 1.47 bits per heavy atom. The first kappa shape index (κ1) is 15.8. The number of amides is 2. The molecule has 2 amide bonds. The van der Waals surface area contributed by atoms with Crippen molar-refractivity contribution in [2.75, 3.05) is 19.8 Å². The zero-order valence-electron chi connectivity index (χ0n) is 11.9. The van der Waals surface area contributed by atoms with Crippen LogP contribution < -0.4 is 5.32 Å². The molecule has 19 heavy (non-hydrogen) atoms. The van der Waals surface area contributed by atoms with Crippen LogP contribution in [-0.4, -0.2) is 53.3 Å². The van der Waals surface area contributed by atoms with Crippen molar-refractivity contribution in [3.63, 3.8) is 0 Å². The van der Waals surface area contributed by atoms with Crippen molar-refractivity contribution in [3.8, 4) is 0 Å². The lowest BCUT2D eigenvalue weighted by molar-refractivity contribution is -0.137. The molecule has 0 aliphatic carbocycles. The van der Waals surface area contributed by atoms with Crippen LogP contribution in [0, 0.1) is 0 Å². The van der Waals surface area contributed by atoms with Gasteiger partial charge in [0.2, 0.25) is 0 Å². The summed E-state index contributed by atoms with van der Waals surface area (Å²) in [5.74, 6) is -0.833. The van der Waals surface area contributed by atoms with E-state index in [1.54, 1.807) is 4.90 Å². The van der Waals surface area contributed by atoms with Crippen molar-refractivity contribution in [2.45, 2.75) is 51.6 Å². The molecule has 6 heteroatoms. The number of carboxylic acid groups (broad SMARTS) is 1. The summed E-state index contributed by atoms with van der Waals surface area (Å²) in [6, 6.07) is -0.104. The largest absolute Gasteiger partial charge is 0.481 e. The molecule has 1 saturated heterocycles. The lowest BCUT2D eigenvalue weighted by atomic mass is 10.0. The van der Waals surface area contributed by atoms with Crippen molar-refractivity contribution in [1.29, 1.82) is 0 Å². The maximum absolute atomic E-state index is 12.2. The summed E-state index contributed by atoms with van der Waals surface area (Å²) < 4.78 is 5.30. The highest BCUT2D eigenvalue weighted by Crippen LogP contribution is 2.18. The zero-order chi connectivity index (χ0) is 14.5. The van der Waals surface area contributed by atoms with E-state index in [2.05, 4.69) is 5.32 Å². The van der Waals surface area contributed by atoms with Crippen molar-refractivity contribution < 1.29 is 19.4 Å². The second-order valence-electron chi connectivity index (χ2n) is 5.58. The fourth-order valence-corrected chi connectivity index (χ4v) is 2.09. The van der Waals surface area contributed by atoms with Crippen LogP contribution in [0.4, 0.5) is 4.79 Å². The minimum atomic E-state index is -0.833. The monoisotopic (exact) mass is 272 g/mol. The molecule has 0 aromatic heterocycles. The molecule has 1 aliphatic heterocycles. The quantitative estimate of drug-likeness (QED) is 0.767. The Morgan fingerprint density at radius 3 is 2.63 bits per heavy atom. The molecule has 0 aromatic carbocycles. The third-order valence-electron chi connectivity index (χ3n) is 3.30. The molecule has 110 valence electrons. The van der Waals surface area contributed by atoms with Gasteiger partial charge in [-0.1, -0.05) is 0 Å². The third-order valence-corrected chi connectivity index (χ3v) is 3.30. The molecule has 0 spiro atoms. The number of rotatable bonds is 6. The van der Waals surface area contributed by atoms with Gasteiger partial charge in [-0.2, -0.15) is 0 Å². The van der Waals surface area contributed by atoms with Crippen LogP contribution in [0.2, 0.25) is 0 Å². The van der Waals surface area contributed by atoms with E-state index in [0.717, 1.165) is 6.42 Å². The molecule has 0 saturated carbocycles. The summed E-state index contributed by atoms with van der Waals surface area (Å²) >= 11 is 0. The number of carbonyl (C=O) groups excluding carboxylic acids is 1. The van der Waals surface area contributed by atoms with E-state index in [-0.39, 0.29) is 24.0 Å². The highest BCUT2D eigenvalue weighted by molar-refractivity contribution is 5.75. The maximum Gasteiger partial charge on any atom is 0.318 e. The maximum atomic E-state index is 12.2. The predicted molar refractivity (Wildman–Crippen MR) is 71.1 cm³/mol. The fourth-order valence-electron chi connectivity index (χ4n) is 2.09. The number of aliphatic carboxylic acids is 1. The number of urea groups is 1. The Hall–Kier alpha value is -1.30. The summed E-state index contributed by atoms with van der Waals surface area (Å²) in [5.41, 5.74) is -0.309. The van der Waals surface area contributed by atoms with Gasteiger partial charge in [-0.25, -0.2) is 4.79 Å².